The number of hydrogen-bond acceptors (Lipinski definition) is 4. The van der Waals surface area contributed by atoms with E-state index in [1.165, 1.54) is 6.08 Å². The van der Waals surface area contributed by atoms with E-state index >= 15 is 0 Å². The van der Waals surface area contributed by atoms with Crippen molar-refractivity contribution in [1.82, 2.24) is 0 Å². The predicted molar refractivity (Wildman–Crippen MR) is 89.9 cm³/mol. The Morgan fingerprint density at radius 2 is 1.61 bits per heavy atom. The Morgan fingerprint density at radius 1 is 1.04 bits per heavy atom. The zero-order valence-electron chi connectivity index (χ0n) is 12.6. The molecule has 116 valence electrons. The van der Waals surface area contributed by atoms with E-state index in [-0.39, 0.29) is 12.5 Å². The van der Waals surface area contributed by atoms with Gasteiger partial charge < -0.3 is 4.74 Å². The minimum Gasteiger partial charge on any atom is -0.452 e. The molecule has 0 bridgehead atoms. The van der Waals surface area contributed by atoms with Crippen LogP contribution in [0.1, 0.15) is 6.92 Å². The average molecular weight is 325 g/mol. The molecule has 0 saturated carbocycles. The molecular formula is C18H15NO3S. The molecule has 2 aromatic carbocycles. The first-order chi connectivity index (χ1) is 11.2. The molecule has 0 N–H and O–H groups in total. The van der Waals surface area contributed by atoms with Crippen LogP contribution < -0.4 is 4.90 Å². The molecule has 0 aliphatic carbocycles. The van der Waals surface area contributed by atoms with Gasteiger partial charge in [-0.1, -0.05) is 42.1 Å². The summed E-state index contributed by atoms with van der Waals surface area (Å²) in [5, 5.41) is 0. The smallest absolute Gasteiger partial charge is 0.330 e. The number of carbonyl (C=O) groups excluding carboxylic acids is 2. The van der Waals surface area contributed by atoms with Gasteiger partial charge >= 0.3 is 5.97 Å². The summed E-state index contributed by atoms with van der Waals surface area (Å²) in [4.78, 5) is 27.7. The molecule has 4 nitrogen and oxygen atoms in total. The van der Waals surface area contributed by atoms with E-state index in [4.69, 9.17) is 4.74 Å². The third kappa shape index (κ3) is 3.14. The maximum Gasteiger partial charge on any atom is 0.330 e. The van der Waals surface area contributed by atoms with Crippen LogP contribution in [0.4, 0.5) is 11.4 Å². The fourth-order valence-corrected chi connectivity index (χ4v) is 3.41. The Bertz CT molecular complexity index is 740. The fraction of sp³-hybridized carbons (Fsp3) is 0.111. The van der Waals surface area contributed by atoms with Crippen molar-refractivity contribution in [3.05, 3.63) is 60.7 Å². The summed E-state index contributed by atoms with van der Waals surface area (Å²) in [6.07, 6.45) is 2.87. The van der Waals surface area contributed by atoms with Crippen molar-refractivity contribution in [2.75, 3.05) is 11.5 Å². The third-order valence-electron chi connectivity index (χ3n) is 3.32. The Morgan fingerprint density at radius 3 is 2.17 bits per heavy atom. The van der Waals surface area contributed by atoms with Crippen LogP contribution in [0.25, 0.3) is 0 Å². The Hall–Kier alpha value is -2.53. The number of para-hydroxylation sites is 2. The summed E-state index contributed by atoms with van der Waals surface area (Å²) in [6, 6.07) is 15.4. The van der Waals surface area contributed by atoms with E-state index in [2.05, 4.69) is 0 Å². The van der Waals surface area contributed by atoms with Crippen LogP contribution >= 0.6 is 11.8 Å². The van der Waals surface area contributed by atoms with E-state index in [1.807, 2.05) is 48.5 Å². The van der Waals surface area contributed by atoms with Crippen LogP contribution in [0.3, 0.4) is 0 Å². The Balaban J connectivity index is 1.92. The molecule has 1 aliphatic rings. The van der Waals surface area contributed by atoms with E-state index in [9.17, 15) is 9.59 Å². The molecule has 0 saturated heterocycles. The normalized spacial score (nSPS) is 12.7. The Labute approximate surface area is 138 Å². The number of anilines is 2. The maximum absolute atomic E-state index is 12.6. The summed E-state index contributed by atoms with van der Waals surface area (Å²) in [5.41, 5.74) is 1.62. The highest BCUT2D eigenvalue weighted by Crippen LogP contribution is 2.47. The monoisotopic (exact) mass is 325 g/mol. The molecule has 5 heteroatoms. The van der Waals surface area contributed by atoms with Gasteiger partial charge in [-0.15, -0.1) is 0 Å². The highest BCUT2D eigenvalue weighted by Gasteiger charge is 2.28. The molecule has 0 unspecified atom stereocenters. The number of carbonyl (C=O) groups is 2. The summed E-state index contributed by atoms with van der Waals surface area (Å²) >= 11 is 1.62. The highest BCUT2D eigenvalue weighted by molar-refractivity contribution is 7.99. The quantitative estimate of drug-likeness (QED) is 0.633. The lowest BCUT2D eigenvalue weighted by Crippen LogP contribution is -2.32. The Kier molecular flexibility index (Phi) is 4.48. The number of amides is 1. The van der Waals surface area contributed by atoms with Gasteiger partial charge in [0, 0.05) is 15.9 Å². The van der Waals surface area contributed by atoms with Gasteiger partial charge in [-0.2, -0.15) is 0 Å². The number of allylic oxidation sites excluding steroid dienone is 1. The summed E-state index contributed by atoms with van der Waals surface area (Å²) < 4.78 is 5.00. The number of ether oxygens (including phenoxy) is 1. The topological polar surface area (TPSA) is 46.6 Å². The van der Waals surface area contributed by atoms with E-state index in [1.54, 1.807) is 29.7 Å². The van der Waals surface area contributed by atoms with Crippen molar-refractivity contribution in [2.45, 2.75) is 16.7 Å². The van der Waals surface area contributed by atoms with Crippen LogP contribution in [0, 0.1) is 0 Å². The standard InChI is InChI=1S/C18H15NO3S/c1-2-7-18(21)22-12-17(20)19-13-8-3-5-10-15(13)23-16-11-6-4-9-14(16)19/h2-11H,12H2,1H3. The molecule has 0 spiro atoms. The van der Waals surface area contributed by atoms with Gasteiger partial charge in [-0.25, -0.2) is 4.79 Å². The van der Waals surface area contributed by atoms with Gasteiger partial charge in [0.1, 0.15) is 0 Å². The van der Waals surface area contributed by atoms with E-state index < -0.39 is 5.97 Å². The minimum absolute atomic E-state index is 0.275. The SMILES string of the molecule is CC=CC(=O)OCC(=O)N1c2ccccc2Sc2ccccc21. The number of nitrogens with zero attached hydrogens (tertiary/aromatic N) is 1. The van der Waals surface area contributed by atoms with Crippen molar-refractivity contribution in [3.8, 4) is 0 Å². The lowest BCUT2D eigenvalue weighted by molar-refractivity contribution is -0.142. The van der Waals surface area contributed by atoms with Crippen molar-refractivity contribution in [1.29, 1.82) is 0 Å². The van der Waals surface area contributed by atoms with Crippen molar-refractivity contribution < 1.29 is 14.3 Å². The minimum atomic E-state index is -0.520. The number of hydrogen-bond donors (Lipinski definition) is 0. The zero-order chi connectivity index (χ0) is 16.2. The molecule has 3 rings (SSSR count). The van der Waals surface area contributed by atoms with Gasteiger partial charge in [0.15, 0.2) is 6.61 Å². The van der Waals surface area contributed by atoms with Crippen LogP contribution in [-0.2, 0) is 14.3 Å². The van der Waals surface area contributed by atoms with Crippen LogP contribution in [0.2, 0.25) is 0 Å². The second-order valence-electron chi connectivity index (χ2n) is 4.87. The van der Waals surface area contributed by atoms with Crippen molar-refractivity contribution in [2.24, 2.45) is 0 Å². The second kappa shape index (κ2) is 6.71. The van der Waals surface area contributed by atoms with Gasteiger partial charge in [-0.05, 0) is 31.2 Å². The summed E-state index contributed by atoms with van der Waals surface area (Å²) in [5.74, 6) is -0.795. The van der Waals surface area contributed by atoms with Crippen LogP contribution in [0.5, 0.6) is 0 Å². The van der Waals surface area contributed by atoms with Crippen LogP contribution in [-0.4, -0.2) is 18.5 Å². The van der Waals surface area contributed by atoms with Crippen molar-refractivity contribution >= 4 is 35.0 Å². The molecule has 0 aromatic heterocycles. The first-order valence-corrected chi connectivity index (χ1v) is 8.00. The lowest BCUT2D eigenvalue weighted by atomic mass is 10.2. The molecule has 1 heterocycles. The number of benzene rings is 2. The zero-order valence-corrected chi connectivity index (χ0v) is 13.4. The summed E-state index contributed by atoms with van der Waals surface area (Å²) in [7, 11) is 0. The second-order valence-corrected chi connectivity index (χ2v) is 5.96. The average Bonchev–Trinajstić information content (AvgIpc) is 2.57. The number of esters is 1. The van der Waals surface area contributed by atoms with Gasteiger partial charge in [-0.3, -0.25) is 9.69 Å². The maximum atomic E-state index is 12.6. The lowest BCUT2D eigenvalue weighted by Gasteiger charge is -2.30. The van der Waals surface area contributed by atoms with Gasteiger partial charge in [0.2, 0.25) is 0 Å². The first kappa shape index (κ1) is 15.4. The van der Waals surface area contributed by atoms with Crippen molar-refractivity contribution in [3.63, 3.8) is 0 Å². The molecule has 1 amide bonds. The van der Waals surface area contributed by atoms with E-state index in [0.717, 1.165) is 21.2 Å². The van der Waals surface area contributed by atoms with E-state index in [0.29, 0.717) is 0 Å². The number of rotatable bonds is 3. The first-order valence-electron chi connectivity index (χ1n) is 7.19. The third-order valence-corrected chi connectivity index (χ3v) is 4.45. The summed E-state index contributed by atoms with van der Waals surface area (Å²) in [6.45, 7) is 1.42. The fourth-order valence-electron chi connectivity index (χ4n) is 2.35. The number of fused-ring (bicyclic) bond motifs is 2. The molecule has 0 radical (unpaired) electrons. The molecule has 23 heavy (non-hydrogen) atoms. The molecular weight excluding hydrogens is 310 g/mol. The van der Waals surface area contributed by atoms with Gasteiger partial charge in [0.05, 0.1) is 11.4 Å². The largest absolute Gasteiger partial charge is 0.452 e. The molecule has 2 aromatic rings. The predicted octanol–water partition coefficient (Wildman–Crippen LogP) is 3.94. The van der Waals surface area contributed by atoms with Crippen LogP contribution in [0.15, 0.2) is 70.5 Å². The van der Waals surface area contributed by atoms with Gasteiger partial charge in [0.25, 0.3) is 5.91 Å². The highest BCUT2D eigenvalue weighted by atomic mass is 32.2. The molecule has 0 atom stereocenters. The molecule has 1 aliphatic heterocycles. The molecule has 0 fully saturated rings.